The molecule has 0 saturated heterocycles. The number of carboxylic acids is 1. The fourth-order valence-corrected chi connectivity index (χ4v) is 1.52. The summed E-state index contributed by atoms with van der Waals surface area (Å²) >= 11 is 0. The molecular weight excluding hydrogens is 208 g/mol. The molecule has 2 aromatic rings. The Hall–Kier alpha value is -2.43. The highest BCUT2D eigenvalue weighted by molar-refractivity contribution is 6.44. The van der Waals surface area contributed by atoms with Crippen molar-refractivity contribution in [3.05, 3.63) is 42.1 Å². The quantitative estimate of drug-likeness (QED) is 0.452. The lowest BCUT2D eigenvalue weighted by atomic mass is 10.0. The molecule has 0 saturated carbocycles. The minimum atomic E-state index is -1.28. The summed E-state index contributed by atoms with van der Waals surface area (Å²) in [6.07, 6.45) is 1.61. The van der Waals surface area contributed by atoms with Gasteiger partial charge >= 0.3 is 5.97 Å². The van der Waals surface area contributed by atoms with Crippen LogP contribution in [0, 0.1) is 0 Å². The molecule has 5 nitrogen and oxygen atoms in total. The summed E-state index contributed by atoms with van der Waals surface area (Å²) in [5.41, 5.74) is 0.613. The first-order valence-corrected chi connectivity index (χ1v) is 4.53. The van der Waals surface area contributed by atoms with Crippen LogP contribution in [0.1, 0.15) is 5.56 Å². The van der Waals surface area contributed by atoms with Gasteiger partial charge in [-0.1, -0.05) is 23.4 Å². The van der Waals surface area contributed by atoms with E-state index >= 15 is 0 Å². The minimum Gasteiger partial charge on any atom is -0.476 e. The van der Waals surface area contributed by atoms with Gasteiger partial charge in [-0.3, -0.25) is 4.98 Å². The van der Waals surface area contributed by atoms with Crippen molar-refractivity contribution in [2.24, 2.45) is 5.16 Å². The van der Waals surface area contributed by atoms with E-state index < -0.39 is 11.7 Å². The van der Waals surface area contributed by atoms with Gasteiger partial charge in [0.05, 0.1) is 5.52 Å². The standard InChI is InChI=1S/C11H8N2O3/c14-11(15)10(13-16)8-3-1-5-9-7(8)4-2-6-12-9/h1-6,16H,(H,14,15). The zero-order valence-corrected chi connectivity index (χ0v) is 8.16. The van der Waals surface area contributed by atoms with E-state index in [-0.39, 0.29) is 0 Å². The zero-order chi connectivity index (χ0) is 11.5. The molecule has 0 unspecified atom stereocenters. The lowest BCUT2D eigenvalue weighted by Crippen LogP contribution is -2.14. The smallest absolute Gasteiger partial charge is 0.358 e. The monoisotopic (exact) mass is 216 g/mol. The highest BCUT2D eigenvalue weighted by Gasteiger charge is 2.15. The largest absolute Gasteiger partial charge is 0.476 e. The van der Waals surface area contributed by atoms with Crippen LogP contribution in [0.5, 0.6) is 0 Å². The van der Waals surface area contributed by atoms with Crippen molar-refractivity contribution in [1.29, 1.82) is 0 Å². The van der Waals surface area contributed by atoms with Crippen LogP contribution in [0.15, 0.2) is 41.7 Å². The Balaban J connectivity index is 2.74. The Kier molecular flexibility index (Phi) is 2.51. The molecule has 0 amide bonds. The Morgan fingerprint density at radius 2 is 2.06 bits per heavy atom. The summed E-state index contributed by atoms with van der Waals surface area (Å²) in [4.78, 5) is 15.0. The molecule has 2 N–H and O–H groups in total. The topological polar surface area (TPSA) is 82.8 Å². The average Bonchev–Trinajstić information content (AvgIpc) is 2.30. The minimum absolute atomic E-state index is 0.348. The summed E-state index contributed by atoms with van der Waals surface area (Å²) in [6, 6.07) is 8.43. The summed E-state index contributed by atoms with van der Waals surface area (Å²) < 4.78 is 0. The van der Waals surface area contributed by atoms with Crippen LogP contribution in [-0.2, 0) is 4.79 Å². The number of carboxylic acid groups (broad SMARTS) is 1. The lowest BCUT2D eigenvalue weighted by molar-refractivity contribution is -0.129. The second kappa shape index (κ2) is 3.98. The summed E-state index contributed by atoms with van der Waals surface area (Å²) in [6.45, 7) is 0. The van der Waals surface area contributed by atoms with Gasteiger partial charge < -0.3 is 10.3 Å². The highest BCUT2D eigenvalue weighted by Crippen LogP contribution is 2.17. The molecule has 1 aromatic carbocycles. The maximum atomic E-state index is 10.9. The first-order chi connectivity index (χ1) is 7.74. The highest BCUT2D eigenvalue weighted by atomic mass is 16.4. The van der Waals surface area contributed by atoms with E-state index in [9.17, 15) is 4.79 Å². The van der Waals surface area contributed by atoms with Crippen molar-refractivity contribution in [3.8, 4) is 0 Å². The van der Waals surface area contributed by atoms with Crippen LogP contribution in [0.2, 0.25) is 0 Å². The van der Waals surface area contributed by atoms with E-state index in [2.05, 4.69) is 10.1 Å². The van der Waals surface area contributed by atoms with Crippen LogP contribution in [0.3, 0.4) is 0 Å². The van der Waals surface area contributed by atoms with Crippen molar-refractivity contribution in [1.82, 2.24) is 4.98 Å². The van der Waals surface area contributed by atoms with Crippen molar-refractivity contribution >= 4 is 22.6 Å². The SMILES string of the molecule is O=C(O)C(=NO)c1cccc2ncccc12. The Morgan fingerprint density at radius 1 is 1.25 bits per heavy atom. The number of fused-ring (bicyclic) bond motifs is 1. The summed E-state index contributed by atoms with van der Waals surface area (Å²) in [5.74, 6) is -1.28. The number of hydrogen-bond donors (Lipinski definition) is 2. The van der Waals surface area contributed by atoms with Gasteiger partial charge in [-0.2, -0.15) is 0 Å². The number of rotatable bonds is 2. The molecule has 0 radical (unpaired) electrons. The van der Waals surface area contributed by atoms with Crippen molar-refractivity contribution in [2.45, 2.75) is 0 Å². The van der Waals surface area contributed by atoms with E-state index in [0.717, 1.165) is 0 Å². The number of carbonyl (C=O) groups is 1. The number of oxime groups is 1. The van der Waals surface area contributed by atoms with Crippen LogP contribution in [-0.4, -0.2) is 27.0 Å². The number of aromatic nitrogens is 1. The second-order valence-electron chi connectivity index (χ2n) is 3.13. The third kappa shape index (κ3) is 1.58. The average molecular weight is 216 g/mol. The molecule has 16 heavy (non-hydrogen) atoms. The van der Waals surface area contributed by atoms with Crippen molar-refractivity contribution in [2.75, 3.05) is 0 Å². The predicted octanol–water partition coefficient (Wildman–Crippen LogP) is 1.50. The van der Waals surface area contributed by atoms with Gasteiger partial charge in [-0.05, 0) is 12.1 Å². The van der Waals surface area contributed by atoms with Crippen LogP contribution < -0.4 is 0 Å². The molecule has 0 fully saturated rings. The Morgan fingerprint density at radius 3 is 2.75 bits per heavy atom. The molecule has 80 valence electrons. The lowest BCUT2D eigenvalue weighted by Gasteiger charge is -2.03. The number of nitrogens with zero attached hydrogens (tertiary/aromatic N) is 2. The van der Waals surface area contributed by atoms with Crippen LogP contribution in [0.25, 0.3) is 10.9 Å². The Labute approximate surface area is 90.7 Å². The molecule has 0 atom stereocenters. The van der Waals surface area contributed by atoms with Crippen LogP contribution in [0.4, 0.5) is 0 Å². The molecule has 1 heterocycles. The van der Waals surface area contributed by atoms with Gasteiger partial charge in [0.15, 0.2) is 5.71 Å². The maximum Gasteiger partial charge on any atom is 0.358 e. The number of hydrogen-bond acceptors (Lipinski definition) is 4. The normalized spacial score (nSPS) is 11.6. The van der Waals surface area contributed by atoms with Gasteiger partial charge in [0, 0.05) is 17.1 Å². The number of aliphatic carboxylic acids is 1. The third-order valence-electron chi connectivity index (χ3n) is 2.20. The summed E-state index contributed by atoms with van der Waals surface area (Å²) in [5, 5.41) is 21.0. The second-order valence-corrected chi connectivity index (χ2v) is 3.13. The first-order valence-electron chi connectivity index (χ1n) is 4.53. The van der Waals surface area contributed by atoms with Gasteiger partial charge in [0.1, 0.15) is 0 Å². The van der Waals surface area contributed by atoms with Crippen LogP contribution >= 0.6 is 0 Å². The molecular formula is C11H8N2O3. The van der Waals surface area contributed by atoms with Gasteiger partial charge in [-0.15, -0.1) is 0 Å². The predicted molar refractivity (Wildman–Crippen MR) is 57.7 cm³/mol. The number of pyridine rings is 1. The van der Waals surface area contributed by atoms with Gasteiger partial charge in [0.25, 0.3) is 0 Å². The third-order valence-corrected chi connectivity index (χ3v) is 2.20. The van der Waals surface area contributed by atoms with E-state index in [0.29, 0.717) is 16.5 Å². The van der Waals surface area contributed by atoms with Gasteiger partial charge in [-0.25, -0.2) is 4.79 Å². The zero-order valence-electron chi connectivity index (χ0n) is 8.16. The molecule has 0 bridgehead atoms. The van der Waals surface area contributed by atoms with Gasteiger partial charge in [0.2, 0.25) is 0 Å². The van der Waals surface area contributed by atoms with Crippen molar-refractivity contribution in [3.63, 3.8) is 0 Å². The molecule has 0 aliphatic rings. The Bertz CT molecular complexity index is 573. The van der Waals surface area contributed by atoms with Crippen molar-refractivity contribution < 1.29 is 15.1 Å². The molecule has 0 aliphatic heterocycles. The van der Waals surface area contributed by atoms with E-state index in [1.807, 2.05) is 0 Å². The summed E-state index contributed by atoms with van der Waals surface area (Å²) in [7, 11) is 0. The van der Waals surface area contributed by atoms with E-state index in [1.54, 1.807) is 36.5 Å². The molecule has 2 rings (SSSR count). The number of benzene rings is 1. The maximum absolute atomic E-state index is 10.9. The van der Waals surface area contributed by atoms with E-state index in [1.165, 1.54) is 0 Å². The molecule has 5 heteroatoms. The molecule has 0 spiro atoms. The fraction of sp³-hybridized carbons (Fsp3) is 0. The van der Waals surface area contributed by atoms with E-state index in [4.69, 9.17) is 10.3 Å². The molecule has 1 aromatic heterocycles. The first kappa shape index (κ1) is 10.1. The fourth-order valence-electron chi connectivity index (χ4n) is 1.52. The molecule has 0 aliphatic carbocycles.